The van der Waals surface area contributed by atoms with E-state index in [2.05, 4.69) is 20.8 Å². The topological polar surface area (TPSA) is 0 Å². The van der Waals surface area contributed by atoms with Gasteiger partial charge in [0.15, 0.2) is 0 Å². The Morgan fingerprint density at radius 3 is 1.38 bits per heavy atom. The van der Waals surface area contributed by atoms with Crippen molar-refractivity contribution in [3.8, 4) is 0 Å². The van der Waals surface area contributed by atoms with Crippen molar-refractivity contribution in [3.63, 3.8) is 0 Å². The molecule has 0 spiro atoms. The molecule has 0 aliphatic heterocycles. The highest BCUT2D eigenvalue weighted by molar-refractivity contribution is 4.66. The van der Waals surface area contributed by atoms with Gasteiger partial charge in [-0.3, -0.25) is 0 Å². The van der Waals surface area contributed by atoms with Crippen LogP contribution in [0.2, 0.25) is 0 Å². The normalized spacial score (nSPS) is 18.9. The van der Waals surface area contributed by atoms with Gasteiger partial charge in [0.25, 0.3) is 0 Å². The summed E-state index contributed by atoms with van der Waals surface area (Å²) in [6, 6.07) is 0. The average Bonchev–Trinajstić information content (AvgIpc) is 3.06. The van der Waals surface area contributed by atoms with Crippen molar-refractivity contribution in [3.05, 3.63) is 0 Å². The van der Waals surface area contributed by atoms with E-state index >= 15 is 0 Å². The third-order valence-corrected chi connectivity index (χ3v) is 4.58. The number of rotatable bonds is 3. The molecular weight excluding hydrogens is 252 g/mol. The van der Waals surface area contributed by atoms with E-state index in [0.717, 1.165) is 17.8 Å². The van der Waals surface area contributed by atoms with Gasteiger partial charge in [0.2, 0.25) is 0 Å². The molecule has 0 aromatic carbocycles. The van der Waals surface area contributed by atoms with Crippen LogP contribution in [-0.4, -0.2) is 0 Å². The van der Waals surface area contributed by atoms with Gasteiger partial charge in [-0.1, -0.05) is 113 Å². The number of hydrogen-bond acceptors (Lipinski definition) is 0. The molecule has 0 aromatic heterocycles. The molecular formula is C21H46. The maximum Gasteiger partial charge on any atom is -0.0412 e. The van der Waals surface area contributed by atoms with Crippen molar-refractivity contribution in [2.24, 2.45) is 17.8 Å². The van der Waals surface area contributed by atoms with Gasteiger partial charge in [0, 0.05) is 0 Å². The van der Waals surface area contributed by atoms with E-state index in [1.54, 1.807) is 0 Å². The molecule has 2 aliphatic rings. The first-order chi connectivity index (χ1) is 10.2. The summed E-state index contributed by atoms with van der Waals surface area (Å²) in [5.74, 6) is 3.09. The van der Waals surface area contributed by atoms with Gasteiger partial charge >= 0.3 is 0 Å². The Balaban J connectivity index is 0. The fourth-order valence-corrected chi connectivity index (χ4v) is 3.51. The maximum atomic E-state index is 2.34. The van der Waals surface area contributed by atoms with Crippen molar-refractivity contribution in [1.29, 1.82) is 0 Å². The fraction of sp³-hybridized carbons (Fsp3) is 1.00. The summed E-state index contributed by atoms with van der Waals surface area (Å²) < 4.78 is 0. The second-order valence-corrected chi connectivity index (χ2v) is 6.69. The van der Waals surface area contributed by atoms with E-state index in [1.807, 2.05) is 27.7 Å². The zero-order valence-electron chi connectivity index (χ0n) is 16.5. The molecule has 0 N–H and O–H groups in total. The average molecular weight is 299 g/mol. The van der Waals surface area contributed by atoms with Gasteiger partial charge < -0.3 is 0 Å². The highest BCUT2D eigenvalue weighted by Gasteiger charge is 2.13. The van der Waals surface area contributed by atoms with Crippen molar-refractivity contribution in [1.82, 2.24) is 0 Å². The highest BCUT2D eigenvalue weighted by Crippen LogP contribution is 2.28. The van der Waals surface area contributed by atoms with Crippen molar-refractivity contribution in [2.45, 2.75) is 119 Å². The third kappa shape index (κ3) is 14.7. The van der Waals surface area contributed by atoms with Crippen LogP contribution in [0.4, 0.5) is 0 Å². The van der Waals surface area contributed by atoms with E-state index in [9.17, 15) is 0 Å². The maximum absolute atomic E-state index is 2.34. The molecule has 0 aromatic rings. The Hall–Kier alpha value is 0. The quantitative estimate of drug-likeness (QED) is 0.492. The first kappa shape index (κ1) is 23.3. The van der Waals surface area contributed by atoms with Gasteiger partial charge in [-0.2, -0.15) is 0 Å². The first-order valence-electron chi connectivity index (χ1n) is 10.2. The SMILES string of the molecule is CC.CC.CC(C)CC1CCCCC1.CCC1CCCC1. The van der Waals surface area contributed by atoms with Crippen LogP contribution in [0.25, 0.3) is 0 Å². The van der Waals surface area contributed by atoms with E-state index in [-0.39, 0.29) is 0 Å². The third-order valence-electron chi connectivity index (χ3n) is 4.58. The van der Waals surface area contributed by atoms with E-state index < -0.39 is 0 Å². The molecule has 0 saturated heterocycles. The van der Waals surface area contributed by atoms with E-state index in [0.29, 0.717) is 0 Å². The van der Waals surface area contributed by atoms with E-state index in [1.165, 1.54) is 70.6 Å². The lowest BCUT2D eigenvalue weighted by molar-refractivity contribution is 0.305. The molecule has 0 unspecified atom stereocenters. The van der Waals surface area contributed by atoms with Crippen LogP contribution in [0.1, 0.15) is 119 Å². The molecule has 21 heavy (non-hydrogen) atoms. The van der Waals surface area contributed by atoms with Crippen LogP contribution < -0.4 is 0 Å². The Bertz CT molecular complexity index is 159. The fourth-order valence-electron chi connectivity index (χ4n) is 3.51. The van der Waals surface area contributed by atoms with Crippen LogP contribution >= 0.6 is 0 Å². The summed E-state index contributed by atoms with van der Waals surface area (Å²) in [6.45, 7) is 15.0. The summed E-state index contributed by atoms with van der Waals surface area (Å²) in [5.41, 5.74) is 0. The molecule has 2 saturated carbocycles. The smallest absolute Gasteiger partial charge is 0.0412 e. The molecule has 0 nitrogen and oxygen atoms in total. The summed E-state index contributed by atoms with van der Waals surface area (Å²) in [6.07, 6.45) is 16.4. The van der Waals surface area contributed by atoms with Gasteiger partial charge in [-0.25, -0.2) is 0 Å². The minimum atomic E-state index is 0.920. The van der Waals surface area contributed by atoms with Crippen molar-refractivity contribution < 1.29 is 0 Å². The molecule has 0 bridgehead atoms. The molecule has 2 aliphatic carbocycles. The van der Waals surface area contributed by atoms with Gasteiger partial charge in [0.1, 0.15) is 0 Å². The molecule has 0 amide bonds. The second-order valence-electron chi connectivity index (χ2n) is 6.69. The lowest BCUT2D eigenvalue weighted by Crippen LogP contribution is -2.08. The molecule has 0 heteroatoms. The van der Waals surface area contributed by atoms with Crippen LogP contribution in [0.15, 0.2) is 0 Å². The summed E-state index contributed by atoms with van der Waals surface area (Å²) in [4.78, 5) is 0. The number of hydrogen-bond donors (Lipinski definition) is 0. The van der Waals surface area contributed by atoms with Crippen LogP contribution in [0, 0.1) is 17.8 Å². The Labute approximate surface area is 137 Å². The minimum Gasteiger partial charge on any atom is -0.0683 e. The van der Waals surface area contributed by atoms with E-state index in [4.69, 9.17) is 0 Å². The van der Waals surface area contributed by atoms with Crippen LogP contribution in [-0.2, 0) is 0 Å². The second kappa shape index (κ2) is 18.1. The predicted molar refractivity (Wildman–Crippen MR) is 101 cm³/mol. The lowest BCUT2D eigenvalue weighted by Gasteiger charge is -2.22. The zero-order valence-corrected chi connectivity index (χ0v) is 16.5. The molecule has 130 valence electrons. The van der Waals surface area contributed by atoms with Crippen LogP contribution in [0.5, 0.6) is 0 Å². The Kier molecular flexibility index (Phi) is 20.0. The highest BCUT2D eigenvalue weighted by atomic mass is 14.2. The largest absolute Gasteiger partial charge is 0.0683 e. The van der Waals surface area contributed by atoms with Crippen molar-refractivity contribution >= 4 is 0 Å². The summed E-state index contributed by atoms with van der Waals surface area (Å²) in [7, 11) is 0. The molecule has 2 fully saturated rings. The minimum absolute atomic E-state index is 0.920. The van der Waals surface area contributed by atoms with Gasteiger partial charge in [0.05, 0.1) is 0 Å². The predicted octanol–water partition coefficient (Wildman–Crippen LogP) is 8.25. The molecule has 0 atom stereocenters. The van der Waals surface area contributed by atoms with Crippen molar-refractivity contribution in [2.75, 3.05) is 0 Å². The first-order valence-corrected chi connectivity index (χ1v) is 10.2. The molecule has 0 heterocycles. The Morgan fingerprint density at radius 1 is 0.667 bits per heavy atom. The van der Waals surface area contributed by atoms with Gasteiger partial charge in [-0.15, -0.1) is 0 Å². The standard InChI is InChI=1S/C10H20.C7H14.2C2H6/c1-9(2)8-10-6-4-3-5-7-10;1-2-7-5-3-4-6-7;2*1-2/h9-10H,3-8H2,1-2H3;7H,2-6H2,1H3;2*1-2H3. The summed E-state index contributed by atoms with van der Waals surface area (Å²) in [5, 5.41) is 0. The Morgan fingerprint density at radius 2 is 1.05 bits per heavy atom. The molecule has 0 radical (unpaired) electrons. The molecule has 2 rings (SSSR count). The van der Waals surface area contributed by atoms with Gasteiger partial charge in [-0.05, 0) is 24.2 Å². The van der Waals surface area contributed by atoms with Crippen LogP contribution in [0.3, 0.4) is 0 Å². The summed E-state index contributed by atoms with van der Waals surface area (Å²) >= 11 is 0. The monoisotopic (exact) mass is 298 g/mol. The lowest BCUT2D eigenvalue weighted by atomic mass is 9.84. The zero-order chi connectivity index (χ0) is 16.5.